The molecule has 0 unspecified atom stereocenters. The molecule has 0 spiro atoms. The lowest BCUT2D eigenvalue weighted by Crippen LogP contribution is -2.85. The Bertz CT molecular complexity index is 647. The highest BCUT2D eigenvalue weighted by Gasteiger charge is 2.32. The van der Waals surface area contributed by atoms with E-state index in [0.29, 0.717) is 23.8 Å². The molecule has 1 aliphatic rings. The van der Waals surface area contributed by atoms with Crippen LogP contribution >= 0.6 is 12.6 Å². The molecule has 1 amide bonds. The van der Waals surface area contributed by atoms with Crippen LogP contribution in [0.1, 0.15) is 45.1 Å². The van der Waals surface area contributed by atoms with Gasteiger partial charge in [-0.15, -0.1) is 0 Å². The van der Waals surface area contributed by atoms with Gasteiger partial charge in [0.05, 0.1) is 0 Å². The normalized spacial score (nSPS) is 21.6. The molecule has 0 bridgehead atoms. The number of amides is 1. The summed E-state index contributed by atoms with van der Waals surface area (Å²) in [5.74, 6) is 0.241. The minimum absolute atomic E-state index is 0.0833. The van der Waals surface area contributed by atoms with E-state index in [1.165, 1.54) is 19.3 Å². The zero-order valence-electron chi connectivity index (χ0n) is 18.0. The van der Waals surface area contributed by atoms with E-state index in [-0.39, 0.29) is 17.9 Å². The van der Waals surface area contributed by atoms with E-state index in [1.807, 2.05) is 37.4 Å². The summed E-state index contributed by atoms with van der Waals surface area (Å²) in [7, 11) is 6.13. The SMILES string of the molecule is CC(C)[C@H](NC(S)=[NH+][C@@H]1CCCC[C@H]1N(C)C)C(=O)N(C)Cc1ccccc1. The van der Waals surface area contributed by atoms with E-state index >= 15 is 0 Å². The van der Waals surface area contributed by atoms with E-state index in [0.717, 1.165) is 12.0 Å². The van der Waals surface area contributed by atoms with Crippen LogP contribution in [-0.4, -0.2) is 60.1 Å². The number of likely N-dealkylation sites (N-methyl/N-ethyl adjacent to an activating group) is 2. The zero-order valence-corrected chi connectivity index (χ0v) is 18.9. The number of carbonyl (C=O) groups excluding carboxylic acids is 1. The number of carbonyl (C=O) groups is 1. The van der Waals surface area contributed by atoms with Crippen LogP contribution in [0.2, 0.25) is 0 Å². The van der Waals surface area contributed by atoms with Gasteiger partial charge < -0.3 is 9.80 Å². The molecule has 3 atom stereocenters. The molecule has 2 rings (SSSR count). The van der Waals surface area contributed by atoms with Crippen LogP contribution in [0.15, 0.2) is 30.3 Å². The molecular formula is C22H37N4OS+. The van der Waals surface area contributed by atoms with E-state index in [2.05, 4.69) is 55.8 Å². The largest absolute Gasteiger partial charge is 0.338 e. The van der Waals surface area contributed by atoms with Gasteiger partial charge in [-0.25, -0.2) is 0 Å². The molecule has 1 fully saturated rings. The summed E-state index contributed by atoms with van der Waals surface area (Å²) in [4.78, 5) is 20.7. The highest BCUT2D eigenvalue weighted by atomic mass is 32.1. The fraction of sp³-hybridized carbons (Fsp3) is 0.636. The average molecular weight is 406 g/mol. The average Bonchev–Trinajstić information content (AvgIpc) is 2.66. The van der Waals surface area contributed by atoms with Gasteiger partial charge in [-0.2, -0.15) is 0 Å². The van der Waals surface area contributed by atoms with Crippen LogP contribution in [-0.2, 0) is 11.3 Å². The number of nitrogens with zero attached hydrogens (tertiary/aromatic N) is 2. The van der Waals surface area contributed by atoms with Gasteiger partial charge >= 0.3 is 5.17 Å². The second-order valence-electron chi connectivity index (χ2n) is 8.46. The molecule has 5 nitrogen and oxygen atoms in total. The second-order valence-corrected chi connectivity index (χ2v) is 8.91. The smallest absolute Gasteiger partial charge is 0.301 e. The molecule has 0 radical (unpaired) electrons. The van der Waals surface area contributed by atoms with Crippen molar-refractivity contribution in [2.24, 2.45) is 5.92 Å². The molecule has 2 N–H and O–H groups in total. The maximum Gasteiger partial charge on any atom is 0.301 e. The van der Waals surface area contributed by atoms with Crippen LogP contribution in [0.25, 0.3) is 0 Å². The molecule has 0 aliphatic heterocycles. The van der Waals surface area contributed by atoms with Crippen molar-refractivity contribution >= 4 is 23.7 Å². The monoisotopic (exact) mass is 405 g/mol. The molecule has 0 saturated heterocycles. The van der Waals surface area contributed by atoms with Crippen molar-refractivity contribution in [1.29, 1.82) is 0 Å². The van der Waals surface area contributed by atoms with Gasteiger partial charge in [0.25, 0.3) is 5.91 Å². The first-order chi connectivity index (χ1) is 13.3. The number of benzene rings is 1. The van der Waals surface area contributed by atoms with Crippen LogP contribution in [0, 0.1) is 5.92 Å². The van der Waals surface area contributed by atoms with E-state index in [1.54, 1.807) is 4.90 Å². The summed E-state index contributed by atoms with van der Waals surface area (Å²) in [6.07, 6.45) is 4.82. The molecule has 28 heavy (non-hydrogen) atoms. The summed E-state index contributed by atoms with van der Waals surface area (Å²) < 4.78 is 0. The van der Waals surface area contributed by atoms with Gasteiger partial charge in [-0.1, -0.05) is 63.2 Å². The second kappa shape index (κ2) is 10.9. The highest BCUT2D eigenvalue weighted by Crippen LogP contribution is 2.19. The Labute approximate surface area is 176 Å². The Morgan fingerprint density at radius 3 is 2.43 bits per heavy atom. The molecule has 1 saturated carbocycles. The Balaban J connectivity index is 2.05. The molecule has 0 aromatic heterocycles. The lowest BCUT2D eigenvalue weighted by atomic mass is 9.90. The summed E-state index contributed by atoms with van der Waals surface area (Å²) in [6, 6.07) is 10.6. The van der Waals surface area contributed by atoms with E-state index < -0.39 is 0 Å². The van der Waals surface area contributed by atoms with Crippen molar-refractivity contribution in [1.82, 2.24) is 15.1 Å². The van der Waals surface area contributed by atoms with Crippen LogP contribution in [0.5, 0.6) is 0 Å². The van der Waals surface area contributed by atoms with Crippen molar-refractivity contribution in [3.8, 4) is 0 Å². The van der Waals surface area contributed by atoms with Crippen molar-refractivity contribution in [2.45, 2.75) is 64.2 Å². The number of hydrogen-bond donors (Lipinski definition) is 3. The Hall–Kier alpha value is -1.53. The third-order valence-electron chi connectivity index (χ3n) is 5.58. The summed E-state index contributed by atoms with van der Waals surface area (Å²) in [6.45, 7) is 4.73. The van der Waals surface area contributed by atoms with Gasteiger partial charge in [-0.3, -0.25) is 15.1 Å². The first-order valence-corrected chi connectivity index (χ1v) is 10.8. The van der Waals surface area contributed by atoms with E-state index in [9.17, 15) is 4.79 Å². The molecule has 1 aromatic rings. The predicted molar refractivity (Wildman–Crippen MR) is 119 cm³/mol. The van der Waals surface area contributed by atoms with Crippen molar-refractivity contribution in [2.75, 3.05) is 21.1 Å². The zero-order chi connectivity index (χ0) is 20.7. The van der Waals surface area contributed by atoms with E-state index in [4.69, 9.17) is 0 Å². The maximum atomic E-state index is 13.1. The van der Waals surface area contributed by atoms with Crippen LogP contribution < -0.4 is 10.3 Å². The summed E-state index contributed by atoms with van der Waals surface area (Å²) in [5.41, 5.74) is 1.13. The van der Waals surface area contributed by atoms with Gasteiger partial charge in [0, 0.05) is 25.6 Å². The van der Waals surface area contributed by atoms with Gasteiger partial charge in [-0.05, 0) is 38.9 Å². The fourth-order valence-electron chi connectivity index (χ4n) is 3.95. The summed E-state index contributed by atoms with van der Waals surface area (Å²) >= 11 is 4.65. The molecular weight excluding hydrogens is 368 g/mol. The minimum Gasteiger partial charge on any atom is -0.338 e. The number of thiol groups is 1. The predicted octanol–water partition coefficient (Wildman–Crippen LogP) is 1.50. The molecule has 1 aliphatic carbocycles. The lowest BCUT2D eigenvalue weighted by Gasteiger charge is -2.32. The Morgan fingerprint density at radius 2 is 1.82 bits per heavy atom. The number of amidine groups is 1. The standard InChI is InChI=1S/C22H36N4OS/c1-16(2)20(21(27)26(5)15-17-11-7-6-8-12-17)24-22(28)23-18-13-9-10-14-19(18)25(3)4/h6-8,11-12,16,18-20H,9-10,13-15H2,1-5H3,(H2,23,24,28)/p+1/t18-,19-,20+/m1/s1. The summed E-state index contributed by atoms with van der Waals surface area (Å²) in [5, 5.41) is 4.04. The first kappa shape index (κ1) is 22.8. The van der Waals surface area contributed by atoms with Gasteiger partial charge in [0.15, 0.2) is 6.04 Å². The maximum absolute atomic E-state index is 13.1. The van der Waals surface area contributed by atoms with Crippen molar-refractivity contribution in [3.05, 3.63) is 35.9 Å². The Morgan fingerprint density at radius 1 is 1.18 bits per heavy atom. The molecule has 6 heteroatoms. The molecule has 0 heterocycles. The van der Waals surface area contributed by atoms with Crippen molar-refractivity contribution < 1.29 is 9.79 Å². The van der Waals surface area contributed by atoms with Gasteiger partial charge in [0.2, 0.25) is 0 Å². The van der Waals surface area contributed by atoms with Crippen LogP contribution in [0.4, 0.5) is 0 Å². The minimum atomic E-state index is -0.310. The first-order valence-electron chi connectivity index (χ1n) is 10.3. The Kier molecular flexibility index (Phi) is 8.83. The topological polar surface area (TPSA) is 49.6 Å². The van der Waals surface area contributed by atoms with Gasteiger partial charge in [0.1, 0.15) is 6.04 Å². The van der Waals surface area contributed by atoms with Crippen molar-refractivity contribution in [3.63, 3.8) is 0 Å². The number of nitrogens with one attached hydrogen (secondary N) is 2. The van der Waals surface area contributed by atoms with Crippen LogP contribution in [0.3, 0.4) is 0 Å². The third-order valence-corrected chi connectivity index (χ3v) is 5.84. The highest BCUT2D eigenvalue weighted by molar-refractivity contribution is 7.96. The lowest BCUT2D eigenvalue weighted by molar-refractivity contribution is -0.514. The fourth-order valence-corrected chi connectivity index (χ4v) is 4.25. The third kappa shape index (κ3) is 6.52. The quantitative estimate of drug-likeness (QED) is 0.366. The molecule has 1 aromatic carbocycles. The number of rotatable bonds is 7. The number of hydrogen-bond acceptors (Lipinski definition) is 2. The molecule has 156 valence electrons.